The molecule has 0 radical (unpaired) electrons. The van der Waals surface area contributed by atoms with Gasteiger partial charge in [0.25, 0.3) is 0 Å². The van der Waals surface area contributed by atoms with Crippen molar-refractivity contribution in [2.45, 2.75) is 52.6 Å². The van der Waals surface area contributed by atoms with Gasteiger partial charge in [-0.1, -0.05) is 20.4 Å². The molecule has 0 saturated carbocycles. The molecule has 5 heteroatoms. The summed E-state index contributed by atoms with van der Waals surface area (Å²) in [7, 11) is -2.16. The second-order valence-electron chi connectivity index (χ2n) is 5.18. The lowest BCUT2D eigenvalue weighted by Crippen LogP contribution is -2.42. The Bertz CT molecular complexity index is 273. The van der Waals surface area contributed by atoms with Gasteiger partial charge >= 0.3 is 14.5 Å². The van der Waals surface area contributed by atoms with Crippen LogP contribution >= 0.6 is 0 Å². The maximum Gasteiger partial charge on any atom is 0.338 e. The number of ether oxygens (including phenoxy) is 1. The summed E-state index contributed by atoms with van der Waals surface area (Å²) in [4.78, 5) is 11.0. The fraction of sp³-hybridized carbons (Fsp3) is 0.800. The molecule has 20 heavy (non-hydrogen) atoms. The van der Waals surface area contributed by atoms with Crippen molar-refractivity contribution >= 4 is 14.5 Å². The van der Waals surface area contributed by atoms with Crippen LogP contribution in [0.15, 0.2) is 12.7 Å². The van der Waals surface area contributed by atoms with E-state index in [0.717, 1.165) is 24.9 Å². The minimum atomic E-state index is -2.16. The molecule has 0 rings (SSSR count). The summed E-state index contributed by atoms with van der Waals surface area (Å²) in [5.41, 5.74) is 0. The monoisotopic (exact) mass is 302 g/mol. The zero-order chi connectivity index (χ0) is 15.4. The molecule has 0 atom stereocenters. The molecular weight excluding hydrogens is 272 g/mol. The van der Waals surface area contributed by atoms with E-state index in [1.165, 1.54) is 6.08 Å². The van der Waals surface area contributed by atoms with Crippen molar-refractivity contribution in [2.24, 2.45) is 5.92 Å². The van der Waals surface area contributed by atoms with Crippen LogP contribution in [-0.4, -0.2) is 34.4 Å². The van der Waals surface area contributed by atoms with E-state index in [0.29, 0.717) is 25.7 Å². The van der Waals surface area contributed by atoms with Gasteiger partial charge < -0.3 is 13.6 Å². The van der Waals surface area contributed by atoms with Gasteiger partial charge in [0.15, 0.2) is 0 Å². The summed E-state index contributed by atoms with van der Waals surface area (Å²) in [6.45, 7) is 13.6. The Kier molecular flexibility index (Phi) is 10.7. The average Bonchev–Trinajstić information content (AvgIpc) is 2.41. The topological polar surface area (TPSA) is 44.8 Å². The molecule has 0 bridgehead atoms. The predicted octanol–water partition coefficient (Wildman–Crippen LogP) is 3.67. The van der Waals surface area contributed by atoms with Gasteiger partial charge in [-0.3, -0.25) is 0 Å². The number of hydrogen-bond acceptors (Lipinski definition) is 4. The van der Waals surface area contributed by atoms with E-state index in [2.05, 4.69) is 20.4 Å². The summed E-state index contributed by atoms with van der Waals surface area (Å²) in [5, 5.41) is 0. The Labute approximate surface area is 124 Å². The SMILES string of the molecule is C=CC(=O)OCCC[Si](CCC(C)C)(OCC)OCC. The number of carbonyl (C=O) groups is 1. The van der Waals surface area contributed by atoms with Crippen molar-refractivity contribution in [3.05, 3.63) is 12.7 Å². The molecule has 0 N–H and O–H groups in total. The second-order valence-corrected chi connectivity index (χ2v) is 8.58. The molecule has 0 aliphatic rings. The quantitative estimate of drug-likeness (QED) is 0.239. The first kappa shape index (κ1) is 19.3. The van der Waals surface area contributed by atoms with E-state index < -0.39 is 8.56 Å². The van der Waals surface area contributed by atoms with Gasteiger partial charge in [0.05, 0.1) is 6.61 Å². The van der Waals surface area contributed by atoms with Crippen molar-refractivity contribution in [1.29, 1.82) is 0 Å². The minimum absolute atomic E-state index is 0.368. The molecular formula is C15H30O4Si. The van der Waals surface area contributed by atoms with E-state index in [9.17, 15) is 4.79 Å². The standard InChI is InChI=1S/C15H30O4Si/c1-6-15(16)17-11-9-12-20(18-7-2,19-8-3)13-10-14(4)5/h6,14H,1,7-13H2,2-5H3. The Hall–Kier alpha value is -0.653. The number of hydrogen-bond donors (Lipinski definition) is 0. The van der Waals surface area contributed by atoms with Crippen molar-refractivity contribution < 1.29 is 18.4 Å². The third-order valence-electron chi connectivity index (χ3n) is 3.03. The van der Waals surface area contributed by atoms with Crippen LogP contribution in [0.25, 0.3) is 0 Å². The lowest BCUT2D eigenvalue weighted by atomic mass is 10.2. The Morgan fingerprint density at radius 2 is 1.80 bits per heavy atom. The lowest BCUT2D eigenvalue weighted by Gasteiger charge is -2.30. The summed E-state index contributed by atoms with van der Waals surface area (Å²) in [6.07, 6.45) is 3.08. The summed E-state index contributed by atoms with van der Waals surface area (Å²) in [5.74, 6) is 0.272. The highest BCUT2D eigenvalue weighted by Gasteiger charge is 2.36. The minimum Gasteiger partial charge on any atom is -0.463 e. The van der Waals surface area contributed by atoms with Crippen LogP contribution in [0.2, 0.25) is 12.1 Å². The van der Waals surface area contributed by atoms with Gasteiger partial charge in [-0.2, -0.15) is 0 Å². The summed E-state index contributed by atoms with van der Waals surface area (Å²) in [6, 6.07) is 1.87. The normalized spacial score (nSPS) is 11.7. The van der Waals surface area contributed by atoms with Crippen LogP contribution in [0.4, 0.5) is 0 Å². The Morgan fingerprint density at radius 3 is 2.25 bits per heavy atom. The molecule has 0 aromatic carbocycles. The maximum atomic E-state index is 11.0. The molecule has 0 saturated heterocycles. The van der Waals surface area contributed by atoms with Crippen LogP contribution in [0, 0.1) is 5.92 Å². The fourth-order valence-corrected chi connectivity index (χ4v) is 5.73. The van der Waals surface area contributed by atoms with Gasteiger partial charge in [-0.05, 0) is 44.7 Å². The van der Waals surface area contributed by atoms with Crippen molar-refractivity contribution in [3.63, 3.8) is 0 Å². The average molecular weight is 302 g/mol. The van der Waals surface area contributed by atoms with Crippen molar-refractivity contribution in [3.8, 4) is 0 Å². The molecule has 0 fully saturated rings. The first-order valence-electron chi connectivity index (χ1n) is 7.56. The summed E-state index contributed by atoms with van der Waals surface area (Å²) >= 11 is 0. The van der Waals surface area contributed by atoms with Crippen molar-refractivity contribution in [2.75, 3.05) is 19.8 Å². The highest BCUT2D eigenvalue weighted by atomic mass is 28.4. The lowest BCUT2D eigenvalue weighted by molar-refractivity contribution is -0.137. The highest BCUT2D eigenvalue weighted by Crippen LogP contribution is 2.25. The smallest absolute Gasteiger partial charge is 0.338 e. The predicted molar refractivity (Wildman–Crippen MR) is 83.8 cm³/mol. The van der Waals surface area contributed by atoms with Gasteiger partial charge in [-0.15, -0.1) is 0 Å². The van der Waals surface area contributed by atoms with Crippen LogP contribution in [-0.2, 0) is 18.4 Å². The third-order valence-corrected chi connectivity index (χ3v) is 6.83. The van der Waals surface area contributed by atoms with Crippen LogP contribution < -0.4 is 0 Å². The molecule has 0 spiro atoms. The third kappa shape index (κ3) is 8.50. The molecule has 0 amide bonds. The number of rotatable bonds is 12. The van der Waals surface area contributed by atoms with Crippen molar-refractivity contribution in [1.82, 2.24) is 0 Å². The molecule has 4 nitrogen and oxygen atoms in total. The molecule has 0 aliphatic carbocycles. The van der Waals surface area contributed by atoms with Crippen LogP contribution in [0.3, 0.4) is 0 Å². The molecule has 0 aromatic rings. The zero-order valence-electron chi connectivity index (χ0n) is 13.4. The van der Waals surface area contributed by atoms with Gasteiger partial charge in [0.1, 0.15) is 0 Å². The van der Waals surface area contributed by atoms with E-state index in [-0.39, 0.29) is 5.97 Å². The van der Waals surface area contributed by atoms with Gasteiger partial charge in [-0.25, -0.2) is 4.79 Å². The Morgan fingerprint density at radius 1 is 1.20 bits per heavy atom. The molecule has 0 aliphatic heterocycles. The van der Waals surface area contributed by atoms with Gasteiger partial charge in [0.2, 0.25) is 0 Å². The maximum absolute atomic E-state index is 11.0. The van der Waals surface area contributed by atoms with Gasteiger partial charge in [0, 0.05) is 19.3 Å². The fourth-order valence-electron chi connectivity index (χ4n) is 2.06. The molecule has 0 aromatic heterocycles. The first-order valence-corrected chi connectivity index (χ1v) is 9.79. The zero-order valence-corrected chi connectivity index (χ0v) is 14.4. The van der Waals surface area contributed by atoms with Crippen LogP contribution in [0.1, 0.15) is 40.5 Å². The second kappa shape index (κ2) is 11.1. The molecule has 0 heterocycles. The van der Waals surface area contributed by atoms with Crippen LogP contribution in [0.5, 0.6) is 0 Å². The highest BCUT2D eigenvalue weighted by molar-refractivity contribution is 6.67. The molecule has 0 unspecified atom stereocenters. The van der Waals surface area contributed by atoms with E-state index in [1.54, 1.807) is 0 Å². The number of esters is 1. The number of carbonyl (C=O) groups excluding carboxylic acids is 1. The van der Waals surface area contributed by atoms with E-state index in [4.69, 9.17) is 13.6 Å². The first-order chi connectivity index (χ1) is 9.49. The molecule has 118 valence electrons. The van der Waals surface area contributed by atoms with E-state index >= 15 is 0 Å². The van der Waals surface area contributed by atoms with E-state index in [1.807, 2.05) is 13.8 Å². The largest absolute Gasteiger partial charge is 0.463 e. The Balaban J connectivity index is 4.39. The summed E-state index contributed by atoms with van der Waals surface area (Å²) < 4.78 is 17.0.